The minimum absolute atomic E-state index is 0.188. The Bertz CT molecular complexity index is 664. The van der Waals surface area contributed by atoms with Crippen LogP contribution in [0.3, 0.4) is 0 Å². The Hall–Kier alpha value is -1.11. The van der Waals surface area contributed by atoms with E-state index in [4.69, 9.17) is 4.55 Å². The molecule has 0 amide bonds. The Balaban J connectivity index is 2.84. The first-order valence-corrected chi connectivity index (χ1v) is 6.51. The molecule has 0 aliphatic heterocycles. The second kappa shape index (κ2) is 3.73. The minimum atomic E-state index is -4.30. The topological polar surface area (TPSA) is 74.6 Å². The van der Waals surface area contributed by atoms with Gasteiger partial charge in [0.1, 0.15) is 5.75 Å². The zero-order valence-corrected chi connectivity index (χ0v) is 10.3. The zero-order chi connectivity index (χ0) is 11.9. The van der Waals surface area contributed by atoms with Crippen molar-refractivity contribution in [3.63, 3.8) is 0 Å². The monoisotopic (exact) mass is 302 g/mol. The molecule has 2 rings (SSSR count). The predicted octanol–water partition coefficient (Wildman–Crippen LogP) is 2.55. The molecule has 6 heteroatoms. The van der Waals surface area contributed by atoms with Gasteiger partial charge in [0, 0.05) is 15.9 Å². The van der Waals surface area contributed by atoms with Crippen LogP contribution < -0.4 is 0 Å². The standard InChI is InChI=1S/C10H7BrO4S/c11-7-2-1-6-3-8(16(13,14)15)5-10(12)9(6)4-7/h1-5,12H,(H,13,14,15). The Morgan fingerprint density at radius 2 is 1.81 bits per heavy atom. The molecular weight excluding hydrogens is 296 g/mol. The maximum atomic E-state index is 10.9. The highest BCUT2D eigenvalue weighted by atomic mass is 79.9. The summed E-state index contributed by atoms with van der Waals surface area (Å²) in [5.74, 6) is -0.188. The number of fused-ring (bicyclic) bond motifs is 1. The van der Waals surface area contributed by atoms with E-state index >= 15 is 0 Å². The predicted molar refractivity (Wildman–Crippen MR) is 63.1 cm³/mol. The van der Waals surface area contributed by atoms with Gasteiger partial charge in [0.2, 0.25) is 0 Å². The van der Waals surface area contributed by atoms with E-state index in [9.17, 15) is 13.5 Å². The third kappa shape index (κ3) is 2.04. The molecule has 4 nitrogen and oxygen atoms in total. The van der Waals surface area contributed by atoms with Crippen LogP contribution in [0.25, 0.3) is 10.8 Å². The summed E-state index contributed by atoms with van der Waals surface area (Å²) in [6, 6.07) is 7.35. The number of hydrogen-bond acceptors (Lipinski definition) is 3. The lowest BCUT2D eigenvalue weighted by molar-refractivity contribution is 0.471. The molecule has 0 aliphatic rings. The van der Waals surface area contributed by atoms with Gasteiger partial charge < -0.3 is 5.11 Å². The van der Waals surface area contributed by atoms with E-state index in [0.717, 1.165) is 10.5 Å². The Morgan fingerprint density at radius 3 is 2.44 bits per heavy atom. The van der Waals surface area contributed by atoms with Crippen LogP contribution in [0.2, 0.25) is 0 Å². The molecule has 2 aromatic rings. The van der Waals surface area contributed by atoms with Crippen molar-refractivity contribution in [1.29, 1.82) is 0 Å². The summed E-state index contributed by atoms with van der Waals surface area (Å²) in [4.78, 5) is -0.320. The van der Waals surface area contributed by atoms with Gasteiger partial charge in [0.25, 0.3) is 10.1 Å². The molecule has 0 aromatic heterocycles. The van der Waals surface area contributed by atoms with E-state index < -0.39 is 10.1 Å². The smallest absolute Gasteiger partial charge is 0.294 e. The first-order valence-electron chi connectivity index (χ1n) is 4.28. The quantitative estimate of drug-likeness (QED) is 0.794. The first-order chi connectivity index (χ1) is 7.38. The van der Waals surface area contributed by atoms with Crippen molar-refractivity contribution in [1.82, 2.24) is 0 Å². The van der Waals surface area contributed by atoms with Crippen LogP contribution >= 0.6 is 15.9 Å². The molecule has 0 saturated heterocycles. The molecule has 16 heavy (non-hydrogen) atoms. The molecule has 84 valence electrons. The average Bonchev–Trinajstić information content (AvgIpc) is 2.17. The van der Waals surface area contributed by atoms with Gasteiger partial charge in [-0.25, -0.2) is 0 Å². The van der Waals surface area contributed by atoms with E-state index in [0.29, 0.717) is 10.8 Å². The highest BCUT2D eigenvalue weighted by Crippen LogP contribution is 2.30. The minimum Gasteiger partial charge on any atom is -0.507 e. The maximum Gasteiger partial charge on any atom is 0.294 e. The van der Waals surface area contributed by atoms with Gasteiger partial charge in [-0.3, -0.25) is 4.55 Å². The molecule has 0 radical (unpaired) electrons. The Labute approximate surface area is 100 Å². The van der Waals surface area contributed by atoms with Gasteiger partial charge in [-0.2, -0.15) is 8.42 Å². The summed E-state index contributed by atoms with van der Waals surface area (Å²) >= 11 is 3.25. The lowest BCUT2D eigenvalue weighted by Crippen LogP contribution is -1.97. The van der Waals surface area contributed by atoms with Crippen molar-refractivity contribution in [2.45, 2.75) is 4.90 Å². The highest BCUT2D eigenvalue weighted by molar-refractivity contribution is 9.10. The van der Waals surface area contributed by atoms with Crippen molar-refractivity contribution in [3.05, 3.63) is 34.8 Å². The summed E-state index contributed by atoms with van der Waals surface area (Å²) < 4.78 is 31.5. The maximum absolute atomic E-state index is 10.9. The molecule has 0 spiro atoms. The molecular formula is C10H7BrO4S. The summed E-state index contributed by atoms with van der Waals surface area (Å²) in [7, 11) is -4.30. The van der Waals surface area contributed by atoms with Crippen LogP contribution in [0.15, 0.2) is 39.7 Å². The molecule has 0 aliphatic carbocycles. The van der Waals surface area contributed by atoms with Crippen LogP contribution in [0.5, 0.6) is 5.75 Å². The number of halogens is 1. The van der Waals surface area contributed by atoms with Crippen LogP contribution in [0.1, 0.15) is 0 Å². The Morgan fingerprint density at radius 1 is 1.12 bits per heavy atom. The number of aromatic hydroxyl groups is 1. The fourth-order valence-electron chi connectivity index (χ4n) is 1.43. The van der Waals surface area contributed by atoms with Crippen LogP contribution in [-0.2, 0) is 10.1 Å². The van der Waals surface area contributed by atoms with Crippen LogP contribution in [0.4, 0.5) is 0 Å². The molecule has 0 unspecified atom stereocenters. The molecule has 2 aromatic carbocycles. The van der Waals surface area contributed by atoms with E-state index in [1.165, 1.54) is 6.07 Å². The van der Waals surface area contributed by atoms with E-state index in [-0.39, 0.29) is 10.6 Å². The first kappa shape index (κ1) is 11.4. The van der Waals surface area contributed by atoms with Crippen molar-refractivity contribution in [2.75, 3.05) is 0 Å². The number of phenols is 1. The lowest BCUT2D eigenvalue weighted by Gasteiger charge is -2.04. The SMILES string of the molecule is O=S(=O)(O)c1cc(O)c2cc(Br)ccc2c1. The third-order valence-electron chi connectivity index (χ3n) is 2.17. The molecule has 0 saturated carbocycles. The molecule has 0 heterocycles. The average molecular weight is 303 g/mol. The van der Waals surface area contributed by atoms with Gasteiger partial charge in [-0.1, -0.05) is 22.0 Å². The summed E-state index contributed by atoms with van der Waals surface area (Å²) in [5, 5.41) is 10.7. The molecule has 0 atom stereocenters. The fraction of sp³-hybridized carbons (Fsp3) is 0. The van der Waals surface area contributed by atoms with Crippen molar-refractivity contribution in [3.8, 4) is 5.75 Å². The van der Waals surface area contributed by atoms with Crippen molar-refractivity contribution in [2.24, 2.45) is 0 Å². The van der Waals surface area contributed by atoms with Gasteiger partial charge >= 0.3 is 0 Å². The molecule has 0 bridgehead atoms. The normalized spacial score (nSPS) is 11.9. The summed E-state index contributed by atoms with van der Waals surface area (Å²) in [5.41, 5.74) is 0. The molecule has 0 fully saturated rings. The van der Waals surface area contributed by atoms with Crippen LogP contribution in [0, 0.1) is 0 Å². The number of benzene rings is 2. The highest BCUT2D eigenvalue weighted by Gasteiger charge is 2.13. The fourth-order valence-corrected chi connectivity index (χ4v) is 2.33. The van der Waals surface area contributed by atoms with Crippen LogP contribution in [-0.4, -0.2) is 18.1 Å². The third-order valence-corrected chi connectivity index (χ3v) is 3.49. The van der Waals surface area contributed by atoms with Gasteiger partial charge in [0.15, 0.2) is 0 Å². The van der Waals surface area contributed by atoms with Crippen molar-refractivity contribution < 1.29 is 18.1 Å². The van der Waals surface area contributed by atoms with E-state index in [1.807, 2.05) is 0 Å². The van der Waals surface area contributed by atoms with Gasteiger partial charge in [-0.05, 0) is 23.6 Å². The van der Waals surface area contributed by atoms with Gasteiger partial charge in [-0.15, -0.1) is 0 Å². The zero-order valence-electron chi connectivity index (χ0n) is 7.88. The van der Waals surface area contributed by atoms with E-state index in [1.54, 1.807) is 18.2 Å². The Kier molecular flexibility index (Phi) is 2.65. The second-order valence-electron chi connectivity index (χ2n) is 3.28. The van der Waals surface area contributed by atoms with Gasteiger partial charge in [0.05, 0.1) is 4.90 Å². The second-order valence-corrected chi connectivity index (χ2v) is 5.62. The van der Waals surface area contributed by atoms with Crippen molar-refractivity contribution >= 4 is 36.8 Å². The molecule has 2 N–H and O–H groups in total. The number of rotatable bonds is 1. The largest absolute Gasteiger partial charge is 0.507 e. The van der Waals surface area contributed by atoms with E-state index in [2.05, 4.69) is 15.9 Å². The number of hydrogen-bond donors (Lipinski definition) is 2. The summed E-state index contributed by atoms with van der Waals surface area (Å²) in [6.07, 6.45) is 0. The number of phenolic OH excluding ortho intramolecular Hbond substituents is 1. The summed E-state index contributed by atoms with van der Waals surface area (Å²) in [6.45, 7) is 0. The lowest BCUT2D eigenvalue weighted by atomic mass is 10.1.